The van der Waals surface area contributed by atoms with Gasteiger partial charge in [0.15, 0.2) is 0 Å². The Morgan fingerprint density at radius 2 is 1.48 bits per heavy atom. The molecule has 0 aliphatic carbocycles. The molecule has 0 radical (unpaired) electrons. The SMILES string of the molecule is C=Cc1ccc2c(c1)CCc1ccccc1N2CCCCCCCCCC. The zero-order valence-corrected chi connectivity index (χ0v) is 17.1. The van der Waals surface area contributed by atoms with Crippen LogP contribution in [0.3, 0.4) is 0 Å². The molecule has 27 heavy (non-hydrogen) atoms. The molecule has 0 saturated heterocycles. The molecule has 0 fully saturated rings. The van der Waals surface area contributed by atoms with Gasteiger partial charge in [0.25, 0.3) is 0 Å². The quantitative estimate of drug-likeness (QED) is 0.392. The number of aryl methyl sites for hydroxylation is 2. The van der Waals surface area contributed by atoms with Crippen LogP contribution in [0.25, 0.3) is 6.08 Å². The largest absolute Gasteiger partial charge is 0.341 e. The van der Waals surface area contributed by atoms with Gasteiger partial charge in [-0.15, -0.1) is 0 Å². The molecule has 0 amide bonds. The van der Waals surface area contributed by atoms with Crippen molar-refractivity contribution in [3.05, 3.63) is 65.7 Å². The molecule has 0 aromatic heterocycles. The summed E-state index contributed by atoms with van der Waals surface area (Å²) in [6.45, 7) is 7.35. The van der Waals surface area contributed by atoms with Crippen LogP contribution in [-0.2, 0) is 12.8 Å². The smallest absolute Gasteiger partial charge is 0.0443 e. The Balaban J connectivity index is 1.67. The van der Waals surface area contributed by atoms with Crippen molar-refractivity contribution in [1.29, 1.82) is 0 Å². The van der Waals surface area contributed by atoms with Crippen molar-refractivity contribution < 1.29 is 0 Å². The van der Waals surface area contributed by atoms with Gasteiger partial charge >= 0.3 is 0 Å². The predicted octanol–water partition coefficient (Wildman–Crippen LogP) is 7.71. The highest BCUT2D eigenvalue weighted by atomic mass is 15.1. The van der Waals surface area contributed by atoms with Crippen LogP contribution in [0.15, 0.2) is 49.0 Å². The molecule has 2 aromatic carbocycles. The summed E-state index contributed by atoms with van der Waals surface area (Å²) < 4.78 is 0. The van der Waals surface area contributed by atoms with Crippen molar-refractivity contribution in [1.82, 2.24) is 0 Å². The molecule has 1 heteroatoms. The average Bonchev–Trinajstić information content (AvgIpc) is 2.86. The molecule has 3 rings (SSSR count). The number of para-hydroxylation sites is 1. The first-order chi connectivity index (χ1) is 13.3. The van der Waals surface area contributed by atoms with E-state index in [9.17, 15) is 0 Å². The van der Waals surface area contributed by atoms with Gasteiger partial charge in [-0.25, -0.2) is 0 Å². The van der Waals surface area contributed by atoms with E-state index in [1.54, 1.807) is 0 Å². The average molecular weight is 362 g/mol. The molecule has 0 atom stereocenters. The first kappa shape index (κ1) is 19.7. The number of hydrogen-bond acceptors (Lipinski definition) is 1. The lowest BCUT2D eigenvalue weighted by Crippen LogP contribution is -2.19. The summed E-state index contributed by atoms with van der Waals surface area (Å²) in [5, 5.41) is 0. The van der Waals surface area contributed by atoms with E-state index in [2.05, 4.69) is 60.9 Å². The van der Waals surface area contributed by atoms with E-state index in [0.717, 1.165) is 19.4 Å². The van der Waals surface area contributed by atoms with Gasteiger partial charge in [0, 0.05) is 17.9 Å². The molecule has 144 valence electrons. The summed E-state index contributed by atoms with van der Waals surface area (Å²) in [6, 6.07) is 15.8. The van der Waals surface area contributed by atoms with Crippen LogP contribution in [0.1, 0.15) is 75.0 Å². The molecule has 0 spiro atoms. The van der Waals surface area contributed by atoms with Gasteiger partial charge in [0.1, 0.15) is 0 Å². The lowest BCUT2D eigenvalue weighted by atomic mass is 10.0. The van der Waals surface area contributed by atoms with E-state index in [0.29, 0.717) is 0 Å². The fourth-order valence-electron chi connectivity index (χ4n) is 4.23. The fraction of sp³-hybridized carbons (Fsp3) is 0.462. The van der Waals surface area contributed by atoms with Gasteiger partial charge in [0.2, 0.25) is 0 Å². The van der Waals surface area contributed by atoms with E-state index in [1.807, 2.05) is 6.08 Å². The third kappa shape index (κ3) is 5.25. The number of fused-ring (bicyclic) bond motifs is 2. The van der Waals surface area contributed by atoms with Crippen molar-refractivity contribution >= 4 is 17.5 Å². The number of nitrogens with zero attached hydrogens (tertiary/aromatic N) is 1. The van der Waals surface area contributed by atoms with E-state index < -0.39 is 0 Å². The van der Waals surface area contributed by atoms with Crippen LogP contribution in [0.2, 0.25) is 0 Å². The Kier molecular flexibility index (Phi) is 7.56. The zero-order chi connectivity index (χ0) is 18.9. The molecule has 0 saturated carbocycles. The maximum Gasteiger partial charge on any atom is 0.0443 e. The maximum atomic E-state index is 3.94. The molecule has 1 heterocycles. The van der Waals surface area contributed by atoms with Gasteiger partial charge in [-0.05, 0) is 54.2 Å². The molecule has 2 aromatic rings. The zero-order valence-electron chi connectivity index (χ0n) is 17.1. The lowest BCUT2D eigenvalue weighted by Gasteiger charge is -2.27. The minimum Gasteiger partial charge on any atom is -0.341 e. The van der Waals surface area contributed by atoms with E-state index in [-0.39, 0.29) is 0 Å². The minimum absolute atomic E-state index is 1.11. The van der Waals surface area contributed by atoms with E-state index in [1.165, 1.54) is 79.4 Å². The number of rotatable bonds is 10. The van der Waals surface area contributed by atoms with Gasteiger partial charge in [-0.1, -0.05) is 88.8 Å². The summed E-state index contributed by atoms with van der Waals surface area (Å²) in [6.07, 6.45) is 15.1. The fourth-order valence-corrected chi connectivity index (χ4v) is 4.23. The van der Waals surface area contributed by atoms with Crippen LogP contribution in [-0.4, -0.2) is 6.54 Å². The predicted molar refractivity (Wildman–Crippen MR) is 120 cm³/mol. The van der Waals surface area contributed by atoms with E-state index in [4.69, 9.17) is 0 Å². The van der Waals surface area contributed by atoms with Crippen LogP contribution in [0.5, 0.6) is 0 Å². The van der Waals surface area contributed by atoms with Crippen LogP contribution in [0.4, 0.5) is 11.4 Å². The van der Waals surface area contributed by atoms with Crippen LogP contribution < -0.4 is 4.90 Å². The van der Waals surface area contributed by atoms with Crippen molar-refractivity contribution in [2.45, 2.75) is 71.1 Å². The first-order valence-electron chi connectivity index (χ1n) is 10.9. The first-order valence-corrected chi connectivity index (χ1v) is 10.9. The number of benzene rings is 2. The molecular formula is C26H35N. The highest BCUT2D eigenvalue weighted by molar-refractivity contribution is 5.72. The summed E-state index contributed by atoms with van der Waals surface area (Å²) in [4.78, 5) is 2.57. The molecule has 0 N–H and O–H groups in total. The molecule has 0 bridgehead atoms. The molecule has 1 aliphatic heterocycles. The van der Waals surface area contributed by atoms with E-state index >= 15 is 0 Å². The van der Waals surface area contributed by atoms with Gasteiger partial charge in [0.05, 0.1) is 0 Å². The van der Waals surface area contributed by atoms with Crippen molar-refractivity contribution in [2.75, 3.05) is 11.4 Å². The Hall–Kier alpha value is -2.02. The minimum atomic E-state index is 1.11. The van der Waals surface area contributed by atoms with Gasteiger partial charge in [-0.3, -0.25) is 0 Å². The van der Waals surface area contributed by atoms with Gasteiger partial charge in [-0.2, -0.15) is 0 Å². The summed E-state index contributed by atoms with van der Waals surface area (Å²) in [7, 11) is 0. The normalized spacial score (nSPS) is 13.0. The summed E-state index contributed by atoms with van der Waals surface area (Å²) in [5.41, 5.74) is 6.97. The monoisotopic (exact) mass is 361 g/mol. The lowest BCUT2D eigenvalue weighted by molar-refractivity contribution is 0.577. The Bertz CT molecular complexity index is 731. The summed E-state index contributed by atoms with van der Waals surface area (Å²) >= 11 is 0. The number of anilines is 2. The second-order valence-corrected chi connectivity index (χ2v) is 7.85. The highest BCUT2D eigenvalue weighted by Gasteiger charge is 2.20. The molecule has 0 unspecified atom stereocenters. The number of unbranched alkanes of at least 4 members (excludes halogenated alkanes) is 7. The maximum absolute atomic E-state index is 3.94. The summed E-state index contributed by atoms with van der Waals surface area (Å²) in [5.74, 6) is 0. The second-order valence-electron chi connectivity index (χ2n) is 7.85. The molecule has 1 nitrogen and oxygen atoms in total. The van der Waals surface area contributed by atoms with Crippen molar-refractivity contribution in [3.63, 3.8) is 0 Å². The number of hydrogen-bond donors (Lipinski definition) is 0. The topological polar surface area (TPSA) is 3.24 Å². The van der Waals surface area contributed by atoms with Crippen molar-refractivity contribution in [2.24, 2.45) is 0 Å². The highest BCUT2D eigenvalue weighted by Crippen LogP contribution is 2.36. The van der Waals surface area contributed by atoms with Crippen molar-refractivity contribution in [3.8, 4) is 0 Å². The Morgan fingerprint density at radius 1 is 0.815 bits per heavy atom. The van der Waals surface area contributed by atoms with Gasteiger partial charge < -0.3 is 4.90 Å². The van der Waals surface area contributed by atoms with Crippen LogP contribution >= 0.6 is 0 Å². The second kappa shape index (κ2) is 10.3. The third-order valence-electron chi connectivity index (χ3n) is 5.81. The van der Waals surface area contributed by atoms with Crippen LogP contribution in [0, 0.1) is 0 Å². The Morgan fingerprint density at radius 3 is 2.26 bits per heavy atom. The standard InChI is InChI=1S/C26H35N/c1-3-5-6-7-8-9-10-13-20-27-25-15-12-11-14-23(25)17-18-24-21-22(4-2)16-19-26(24)27/h4,11-12,14-16,19,21H,2-3,5-10,13,17-18,20H2,1H3. The third-order valence-corrected chi connectivity index (χ3v) is 5.81. The Labute approximate surface area is 166 Å². The molecule has 1 aliphatic rings. The molecular weight excluding hydrogens is 326 g/mol.